The first kappa shape index (κ1) is 12.6. The number of aryl methyl sites for hydroxylation is 1. The van der Waals surface area contributed by atoms with Crippen molar-refractivity contribution in [3.63, 3.8) is 0 Å². The summed E-state index contributed by atoms with van der Waals surface area (Å²) in [4.78, 5) is 6.79. The van der Waals surface area contributed by atoms with Crippen molar-refractivity contribution >= 4 is 0 Å². The second-order valence-electron chi connectivity index (χ2n) is 5.14. The van der Waals surface area contributed by atoms with Crippen LogP contribution >= 0.6 is 0 Å². The number of oxazole rings is 1. The summed E-state index contributed by atoms with van der Waals surface area (Å²) in [5.74, 6) is 2.41. The molecule has 0 aromatic carbocycles. The highest BCUT2D eigenvalue weighted by Crippen LogP contribution is 2.26. The van der Waals surface area contributed by atoms with Crippen LogP contribution in [0.3, 0.4) is 0 Å². The van der Waals surface area contributed by atoms with Gasteiger partial charge >= 0.3 is 0 Å². The molecule has 2 heterocycles. The van der Waals surface area contributed by atoms with E-state index in [4.69, 9.17) is 4.42 Å². The topological polar surface area (TPSA) is 41.3 Å². The van der Waals surface area contributed by atoms with Gasteiger partial charge in [-0.2, -0.15) is 0 Å². The lowest BCUT2D eigenvalue weighted by atomic mass is 9.93. The quantitative estimate of drug-likeness (QED) is 0.872. The maximum Gasteiger partial charge on any atom is 0.211 e. The van der Waals surface area contributed by atoms with Gasteiger partial charge in [-0.3, -0.25) is 4.90 Å². The fourth-order valence-electron chi connectivity index (χ4n) is 2.68. The Labute approximate surface area is 103 Å². The fourth-order valence-corrected chi connectivity index (χ4v) is 2.68. The average molecular weight is 237 g/mol. The van der Waals surface area contributed by atoms with E-state index in [-0.39, 0.29) is 6.04 Å². The molecule has 1 fully saturated rings. The van der Waals surface area contributed by atoms with Gasteiger partial charge in [0.15, 0.2) is 0 Å². The third-order valence-corrected chi connectivity index (χ3v) is 3.85. The van der Waals surface area contributed by atoms with Crippen LogP contribution in [-0.2, 0) is 0 Å². The minimum Gasteiger partial charge on any atom is -0.444 e. The largest absolute Gasteiger partial charge is 0.444 e. The molecule has 96 valence electrons. The predicted octanol–water partition coefficient (Wildman–Crippen LogP) is 1.97. The van der Waals surface area contributed by atoms with Crippen LogP contribution in [0.1, 0.15) is 38.0 Å². The molecule has 0 bridgehead atoms. The highest BCUT2D eigenvalue weighted by molar-refractivity contribution is 4.97. The SMILES string of the molecule is CNC1CCN(C(C)c2ncc(C)o2)CC1C. The maximum absolute atomic E-state index is 5.62. The van der Waals surface area contributed by atoms with E-state index in [0.29, 0.717) is 12.0 Å². The Morgan fingerprint density at radius 3 is 2.88 bits per heavy atom. The van der Waals surface area contributed by atoms with E-state index in [1.165, 1.54) is 6.42 Å². The Morgan fingerprint density at radius 1 is 1.59 bits per heavy atom. The molecule has 0 spiro atoms. The fraction of sp³-hybridized carbons (Fsp3) is 0.769. The van der Waals surface area contributed by atoms with E-state index in [9.17, 15) is 0 Å². The molecule has 1 saturated heterocycles. The molecule has 1 aromatic heterocycles. The van der Waals surface area contributed by atoms with E-state index < -0.39 is 0 Å². The molecular weight excluding hydrogens is 214 g/mol. The van der Waals surface area contributed by atoms with Crippen LogP contribution in [0.2, 0.25) is 0 Å². The monoisotopic (exact) mass is 237 g/mol. The Kier molecular flexibility index (Phi) is 3.84. The minimum atomic E-state index is 0.281. The van der Waals surface area contributed by atoms with Gasteiger partial charge in [0.25, 0.3) is 0 Å². The van der Waals surface area contributed by atoms with Gasteiger partial charge in [0, 0.05) is 19.1 Å². The van der Waals surface area contributed by atoms with Crippen molar-refractivity contribution < 1.29 is 4.42 Å². The Morgan fingerprint density at radius 2 is 2.35 bits per heavy atom. The predicted molar refractivity (Wildman–Crippen MR) is 67.9 cm³/mol. The molecule has 1 aliphatic heterocycles. The highest BCUT2D eigenvalue weighted by Gasteiger charge is 2.29. The molecule has 0 saturated carbocycles. The van der Waals surface area contributed by atoms with Crippen LogP contribution in [0.25, 0.3) is 0 Å². The number of likely N-dealkylation sites (tertiary alicyclic amines) is 1. The van der Waals surface area contributed by atoms with Gasteiger partial charge in [0.1, 0.15) is 5.76 Å². The van der Waals surface area contributed by atoms with Gasteiger partial charge in [-0.05, 0) is 33.2 Å². The first-order valence-electron chi connectivity index (χ1n) is 6.45. The van der Waals surface area contributed by atoms with E-state index in [2.05, 4.69) is 36.1 Å². The zero-order valence-electron chi connectivity index (χ0n) is 11.2. The molecule has 4 heteroatoms. The normalized spacial score (nSPS) is 28.2. The molecule has 17 heavy (non-hydrogen) atoms. The number of nitrogens with zero attached hydrogens (tertiary/aromatic N) is 2. The number of rotatable bonds is 3. The Hall–Kier alpha value is -0.870. The number of hydrogen-bond acceptors (Lipinski definition) is 4. The molecule has 1 aliphatic rings. The number of nitrogens with one attached hydrogen (secondary N) is 1. The Balaban J connectivity index is 1.99. The number of hydrogen-bond donors (Lipinski definition) is 1. The summed E-state index contributed by atoms with van der Waals surface area (Å²) in [6.07, 6.45) is 3.00. The summed E-state index contributed by atoms with van der Waals surface area (Å²) >= 11 is 0. The summed E-state index contributed by atoms with van der Waals surface area (Å²) in [5.41, 5.74) is 0. The van der Waals surface area contributed by atoms with Gasteiger partial charge < -0.3 is 9.73 Å². The van der Waals surface area contributed by atoms with Crippen molar-refractivity contribution in [1.82, 2.24) is 15.2 Å². The van der Waals surface area contributed by atoms with E-state index in [0.717, 1.165) is 24.7 Å². The van der Waals surface area contributed by atoms with Crippen LogP contribution in [0.4, 0.5) is 0 Å². The third kappa shape index (κ3) is 2.69. The van der Waals surface area contributed by atoms with Crippen LogP contribution in [-0.4, -0.2) is 36.1 Å². The third-order valence-electron chi connectivity index (χ3n) is 3.85. The van der Waals surface area contributed by atoms with Crippen molar-refractivity contribution in [3.05, 3.63) is 17.8 Å². The smallest absolute Gasteiger partial charge is 0.211 e. The van der Waals surface area contributed by atoms with Gasteiger partial charge in [-0.15, -0.1) is 0 Å². The summed E-state index contributed by atoms with van der Waals surface area (Å²) in [7, 11) is 2.05. The number of piperidine rings is 1. The molecule has 3 unspecified atom stereocenters. The first-order chi connectivity index (χ1) is 8.11. The second-order valence-corrected chi connectivity index (χ2v) is 5.14. The zero-order valence-corrected chi connectivity index (χ0v) is 11.2. The van der Waals surface area contributed by atoms with E-state index in [1.807, 2.05) is 6.92 Å². The molecule has 0 radical (unpaired) electrons. The highest BCUT2D eigenvalue weighted by atomic mass is 16.4. The molecule has 1 aromatic rings. The lowest BCUT2D eigenvalue weighted by Crippen LogP contribution is -2.47. The van der Waals surface area contributed by atoms with Crippen molar-refractivity contribution in [2.45, 2.75) is 39.3 Å². The lowest BCUT2D eigenvalue weighted by Gasteiger charge is -2.39. The van der Waals surface area contributed by atoms with Gasteiger partial charge in [0.2, 0.25) is 5.89 Å². The van der Waals surface area contributed by atoms with Crippen LogP contribution < -0.4 is 5.32 Å². The molecule has 0 amide bonds. The molecule has 0 aliphatic carbocycles. The minimum absolute atomic E-state index is 0.281. The van der Waals surface area contributed by atoms with Crippen molar-refractivity contribution in [2.75, 3.05) is 20.1 Å². The average Bonchev–Trinajstić information content (AvgIpc) is 2.75. The van der Waals surface area contributed by atoms with Crippen LogP contribution in [0.15, 0.2) is 10.6 Å². The molecule has 1 N–H and O–H groups in total. The second kappa shape index (κ2) is 5.19. The van der Waals surface area contributed by atoms with Gasteiger partial charge in [-0.25, -0.2) is 4.98 Å². The molecule has 4 nitrogen and oxygen atoms in total. The van der Waals surface area contributed by atoms with E-state index >= 15 is 0 Å². The zero-order chi connectivity index (χ0) is 12.4. The van der Waals surface area contributed by atoms with Crippen molar-refractivity contribution in [3.8, 4) is 0 Å². The summed E-state index contributed by atoms with van der Waals surface area (Å²) in [5, 5.41) is 3.39. The summed E-state index contributed by atoms with van der Waals surface area (Å²) < 4.78 is 5.62. The molecule has 3 atom stereocenters. The maximum atomic E-state index is 5.62. The standard InChI is InChI=1S/C13H23N3O/c1-9-8-16(6-5-12(9)14-4)11(3)13-15-7-10(2)17-13/h7,9,11-12,14H,5-6,8H2,1-4H3. The number of aromatic nitrogens is 1. The van der Waals surface area contributed by atoms with Crippen molar-refractivity contribution in [2.24, 2.45) is 5.92 Å². The van der Waals surface area contributed by atoms with Crippen molar-refractivity contribution in [1.29, 1.82) is 0 Å². The first-order valence-corrected chi connectivity index (χ1v) is 6.45. The van der Waals surface area contributed by atoms with Crippen LogP contribution in [0, 0.1) is 12.8 Å². The Bertz CT molecular complexity index is 363. The summed E-state index contributed by atoms with van der Waals surface area (Å²) in [6, 6.07) is 0.925. The van der Waals surface area contributed by atoms with Crippen LogP contribution in [0.5, 0.6) is 0 Å². The van der Waals surface area contributed by atoms with Gasteiger partial charge in [0.05, 0.1) is 12.2 Å². The molecule has 2 rings (SSSR count). The summed E-state index contributed by atoms with van der Waals surface area (Å²) in [6.45, 7) is 8.64. The van der Waals surface area contributed by atoms with Gasteiger partial charge in [-0.1, -0.05) is 6.92 Å². The lowest BCUT2D eigenvalue weighted by molar-refractivity contribution is 0.100. The van der Waals surface area contributed by atoms with E-state index in [1.54, 1.807) is 6.20 Å². The molecular formula is C13H23N3O.